The smallest absolute Gasteiger partial charge is 0.263 e. The van der Waals surface area contributed by atoms with E-state index in [2.05, 4.69) is 16.9 Å². The highest BCUT2D eigenvalue weighted by Gasteiger charge is 2.18. The van der Waals surface area contributed by atoms with Crippen molar-refractivity contribution < 1.29 is 13.6 Å². The number of rotatable bonds is 7. The second-order valence-electron chi connectivity index (χ2n) is 7.26. The summed E-state index contributed by atoms with van der Waals surface area (Å²) in [6, 6.07) is 10.7. The highest BCUT2D eigenvalue weighted by molar-refractivity contribution is 7.99. The first-order valence-electron chi connectivity index (χ1n) is 9.95. The van der Waals surface area contributed by atoms with Crippen molar-refractivity contribution >= 4 is 44.9 Å². The number of allylic oxidation sites excluding steroid dienone is 1. The van der Waals surface area contributed by atoms with E-state index >= 15 is 0 Å². The molecule has 0 spiro atoms. The zero-order valence-electron chi connectivity index (χ0n) is 17.6. The number of hydrogen-bond acceptors (Lipinski definition) is 5. The zero-order valence-corrected chi connectivity index (χ0v) is 19.2. The van der Waals surface area contributed by atoms with Crippen molar-refractivity contribution in [2.75, 3.05) is 11.1 Å². The number of benzene rings is 2. The summed E-state index contributed by atoms with van der Waals surface area (Å²) < 4.78 is 28.6. The first-order chi connectivity index (χ1) is 15.9. The van der Waals surface area contributed by atoms with Crippen molar-refractivity contribution in [2.24, 2.45) is 0 Å². The predicted octanol–water partition coefficient (Wildman–Crippen LogP) is 5.63. The number of halogens is 2. The second-order valence-corrected chi connectivity index (χ2v) is 9.06. The minimum Gasteiger partial charge on any atom is -0.323 e. The quantitative estimate of drug-likeness (QED) is 0.210. The molecule has 0 aliphatic carbocycles. The molecule has 0 unspecified atom stereocenters. The van der Waals surface area contributed by atoms with Gasteiger partial charge in [0.05, 0.1) is 16.8 Å². The number of amides is 1. The van der Waals surface area contributed by atoms with Gasteiger partial charge in [0.15, 0.2) is 5.16 Å². The maximum absolute atomic E-state index is 13.8. The van der Waals surface area contributed by atoms with Crippen LogP contribution in [0.4, 0.5) is 14.5 Å². The molecule has 5 nitrogen and oxygen atoms in total. The predicted molar refractivity (Wildman–Crippen MR) is 130 cm³/mol. The van der Waals surface area contributed by atoms with Crippen LogP contribution in [0.5, 0.6) is 0 Å². The summed E-state index contributed by atoms with van der Waals surface area (Å²) in [5.41, 5.74) is 2.38. The van der Waals surface area contributed by atoms with Gasteiger partial charge in [-0.05, 0) is 24.6 Å². The molecule has 2 aromatic heterocycles. The Bertz CT molecular complexity index is 1410. The molecule has 2 aromatic carbocycles. The van der Waals surface area contributed by atoms with Crippen LogP contribution in [0.3, 0.4) is 0 Å². The highest BCUT2D eigenvalue weighted by Crippen LogP contribution is 2.32. The van der Waals surface area contributed by atoms with Gasteiger partial charge in [0.25, 0.3) is 5.56 Å². The van der Waals surface area contributed by atoms with Crippen LogP contribution < -0.4 is 10.9 Å². The summed E-state index contributed by atoms with van der Waals surface area (Å²) in [5, 5.41) is 5.11. The molecule has 1 N–H and O–H groups in total. The van der Waals surface area contributed by atoms with E-state index in [0.717, 1.165) is 46.7 Å². The number of carbonyl (C=O) groups is 1. The average Bonchev–Trinajstić information content (AvgIpc) is 3.22. The lowest BCUT2D eigenvalue weighted by molar-refractivity contribution is -0.113. The van der Waals surface area contributed by atoms with Gasteiger partial charge in [-0.15, -0.1) is 17.9 Å². The van der Waals surface area contributed by atoms with E-state index < -0.39 is 17.5 Å². The molecule has 0 fully saturated rings. The fraction of sp³-hybridized carbons (Fsp3) is 0.125. The fourth-order valence-electron chi connectivity index (χ4n) is 3.26. The van der Waals surface area contributed by atoms with Crippen LogP contribution >= 0.6 is 23.1 Å². The molecule has 33 heavy (non-hydrogen) atoms. The van der Waals surface area contributed by atoms with Crippen LogP contribution in [0.2, 0.25) is 0 Å². The SMILES string of the molecule is C=CCn1c(SCC(=O)Nc2cc(F)ccc2F)nc2scc(-c3ccc(C)cc3)c2c1=O. The van der Waals surface area contributed by atoms with Crippen LogP contribution in [-0.4, -0.2) is 21.2 Å². The molecule has 0 saturated carbocycles. The highest BCUT2D eigenvalue weighted by atomic mass is 32.2. The number of anilines is 1. The van der Waals surface area contributed by atoms with E-state index in [1.165, 1.54) is 15.9 Å². The monoisotopic (exact) mass is 483 g/mol. The minimum absolute atomic E-state index is 0.138. The fourth-order valence-corrected chi connectivity index (χ4v) is 5.06. The van der Waals surface area contributed by atoms with Crippen LogP contribution in [0.1, 0.15) is 5.56 Å². The van der Waals surface area contributed by atoms with Gasteiger partial charge in [-0.25, -0.2) is 13.8 Å². The molecule has 4 aromatic rings. The van der Waals surface area contributed by atoms with E-state index in [-0.39, 0.29) is 23.5 Å². The maximum atomic E-state index is 13.8. The molecule has 0 atom stereocenters. The Morgan fingerprint density at radius 1 is 1.24 bits per heavy atom. The molecule has 4 rings (SSSR count). The molecule has 0 aliphatic rings. The summed E-state index contributed by atoms with van der Waals surface area (Å²) in [7, 11) is 0. The van der Waals surface area contributed by atoms with Crippen molar-refractivity contribution in [3.05, 3.63) is 88.1 Å². The third kappa shape index (κ3) is 4.89. The third-order valence-electron chi connectivity index (χ3n) is 4.87. The molecule has 0 saturated heterocycles. The largest absolute Gasteiger partial charge is 0.323 e. The molecule has 1 amide bonds. The van der Waals surface area contributed by atoms with Gasteiger partial charge in [-0.3, -0.25) is 14.2 Å². The van der Waals surface area contributed by atoms with Crippen LogP contribution in [0.25, 0.3) is 21.3 Å². The van der Waals surface area contributed by atoms with Crippen molar-refractivity contribution in [3.63, 3.8) is 0 Å². The Kier molecular flexibility index (Phi) is 6.71. The van der Waals surface area contributed by atoms with Gasteiger partial charge >= 0.3 is 0 Å². The van der Waals surface area contributed by atoms with Crippen molar-refractivity contribution in [2.45, 2.75) is 18.6 Å². The molecule has 0 aliphatic heterocycles. The van der Waals surface area contributed by atoms with E-state index in [0.29, 0.717) is 15.4 Å². The van der Waals surface area contributed by atoms with Crippen molar-refractivity contribution in [1.29, 1.82) is 0 Å². The molecular weight excluding hydrogens is 464 g/mol. The molecule has 0 radical (unpaired) electrons. The van der Waals surface area contributed by atoms with E-state index in [9.17, 15) is 18.4 Å². The van der Waals surface area contributed by atoms with Gasteiger partial charge < -0.3 is 5.32 Å². The standard InChI is InChI=1S/C24H19F2N3O2S2/c1-3-10-29-23(31)21-17(15-6-4-14(2)5-7-15)12-32-22(21)28-24(29)33-13-20(30)27-19-11-16(25)8-9-18(19)26/h3-9,11-12H,1,10,13H2,2H3,(H,27,30). The second kappa shape index (κ2) is 9.68. The van der Waals surface area contributed by atoms with E-state index in [1.807, 2.05) is 36.6 Å². The zero-order chi connectivity index (χ0) is 23.5. The maximum Gasteiger partial charge on any atom is 0.263 e. The van der Waals surface area contributed by atoms with Crippen LogP contribution in [0, 0.1) is 18.6 Å². The summed E-state index contributed by atoms with van der Waals surface area (Å²) in [4.78, 5) is 30.9. The van der Waals surface area contributed by atoms with Gasteiger partial charge in [0.2, 0.25) is 5.91 Å². The summed E-state index contributed by atoms with van der Waals surface area (Å²) in [6.07, 6.45) is 1.58. The third-order valence-corrected chi connectivity index (χ3v) is 6.72. The summed E-state index contributed by atoms with van der Waals surface area (Å²) in [5.74, 6) is -2.08. The number of aryl methyl sites for hydroxylation is 1. The summed E-state index contributed by atoms with van der Waals surface area (Å²) in [6.45, 7) is 5.93. The lowest BCUT2D eigenvalue weighted by Gasteiger charge is -2.11. The van der Waals surface area contributed by atoms with E-state index in [4.69, 9.17) is 0 Å². The number of nitrogens with one attached hydrogen (secondary N) is 1. The van der Waals surface area contributed by atoms with Crippen molar-refractivity contribution in [1.82, 2.24) is 9.55 Å². The Hall–Kier alpha value is -3.30. The van der Waals surface area contributed by atoms with Gasteiger partial charge in [-0.2, -0.15) is 0 Å². The Morgan fingerprint density at radius 2 is 2.00 bits per heavy atom. The van der Waals surface area contributed by atoms with Crippen LogP contribution in [0.15, 0.2) is 70.5 Å². The summed E-state index contributed by atoms with van der Waals surface area (Å²) >= 11 is 2.40. The molecule has 168 valence electrons. The van der Waals surface area contributed by atoms with Gasteiger partial charge in [-0.1, -0.05) is 47.7 Å². The minimum atomic E-state index is -0.736. The Balaban J connectivity index is 1.63. The lowest BCUT2D eigenvalue weighted by atomic mass is 10.1. The van der Waals surface area contributed by atoms with Crippen LogP contribution in [-0.2, 0) is 11.3 Å². The lowest BCUT2D eigenvalue weighted by Crippen LogP contribution is -2.23. The van der Waals surface area contributed by atoms with Crippen molar-refractivity contribution in [3.8, 4) is 11.1 Å². The molecule has 2 heterocycles. The Morgan fingerprint density at radius 3 is 2.73 bits per heavy atom. The number of fused-ring (bicyclic) bond motifs is 1. The molecular formula is C24H19F2N3O2S2. The van der Waals surface area contributed by atoms with Gasteiger partial charge in [0.1, 0.15) is 16.5 Å². The number of carbonyl (C=O) groups excluding carboxylic acids is 1. The normalized spacial score (nSPS) is 11.0. The average molecular weight is 484 g/mol. The molecule has 0 bridgehead atoms. The van der Waals surface area contributed by atoms with E-state index in [1.54, 1.807) is 6.08 Å². The number of thiophene rings is 1. The Labute approximate surface area is 196 Å². The molecule has 9 heteroatoms. The van der Waals surface area contributed by atoms with Gasteiger partial charge in [0, 0.05) is 23.6 Å². The first-order valence-corrected chi connectivity index (χ1v) is 11.8. The number of nitrogens with zero attached hydrogens (tertiary/aromatic N) is 2. The number of thioether (sulfide) groups is 1. The topological polar surface area (TPSA) is 64.0 Å². The first kappa shape index (κ1) is 22.9. The number of aromatic nitrogens is 2. The number of hydrogen-bond donors (Lipinski definition) is 1.